The quantitative estimate of drug-likeness (QED) is 0.425. The summed E-state index contributed by atoms with van der Waals surface area (Å²) in [7, 11) is 0. The molecule has 20 heavy (non-hydrogen) atoms. The Morgan fingerprint density at radius 2 is 2.10 bits per heavy atom. The summed E-state index contributed by atoms with van der Waals surface area (Å²) >= 11 is 0. The molecule has 0 bridgehead atoms. The summed E-state index contributed by atoms with van der Waals surface area (Å²) in [6, 6.07) is 0.276. The topological polar surface area (TPSA) is 127 Å². The van der Waals surface area contributed by atoms with E-state index in [1.54, 1.807) is 0 Å². The molecule has 1 aliphatic rings. The lowest BCUT2D eigenvalue weighted by Crippen LogP contribution is -2.42. The van der Waals surface area contributed by atoms with Crippen molar-refractivity contribution in [2.24, 2.45) is 5.84 Å². The van der Waals surface area contributed by atoms with Crippen LogP contribution in [0, 0.1) is 0 Å². The number of rotatable bonds is 5. The number of piperidine rings is 1. The van der Waals surface area contributed by atoms with Crippen LogP contribution in [0.3, 0.4) is 0 Å². The molecule has 2 heterocycles. The van der Waals surface area contributed by atoms with E-state index in [1.807, 2.05) is 13.8 Å². The first-order valence-electron chi connectivity index (χ1n) is 6.49. The monoisotopic (exact) mass is 281 g/mol. The molecule has 2 rings (SSSR count). The molecule has 0 spiro atoms. The Labute approximate surface area is 116 Å². The number of nitrogen functional groups attached to an aromatic ring is 1. The van der Waals surface area contributed by atoms with E-state index in [0.29, 0.717) is 18.9 Å². The Kier molecular flexibility index (Phi) is 4.51. The molecule has 0 saturated carbocycles. The fourth-order valence-corrected chi connectivity index (χ4v) is 1.79. The lowest BCUT2D eigenvalue weighted by Gasteiger charge is -2.23. The summed E-state index contributed by atoms with van der Waals surface area (Å²) in [5, 5.41) is 5.92. The van der Waals surface area contributed by atoms with Gasteiger partial charge in [-0.25, -0.2) is 5.84 Å². The number of hydrogen-bond donors (Lipinski definition) is 4. The Bertz CT molecular complexity index is 470. The van der Waals surface area contributed by atoms with Crippen LogP contribution in [0.1, 0.15) is 26.7 Å². The molecule has 1 aromatic rings. The summed E-state index contributed by atoms with van der Waals surface area (Å²) in [4.78, 5) is 23.4. The zero-order valence-electron chi connectivity index (χ0n) is 11.5. The van der Waals surface area contributed by atoms with Crippen molar-refractivity contribution in [3.05, 3.63) is 0 Å². The van der Waals surface area contributed by atoms with Gasteiger partial charge < -0.3 is 15.4 Å². The average molecular weight is 281 g/mol. The van der Waals surface area contributed by atoms with Crippen LogP contribution < -0.4 is 26.6 Å². The molecule has 1 aromatic heterocycles. The van der Waals surface area contributed by atoms with Crippen molar-refractivity contribution in [1.29, 1.82) is 0 Å². The van der Waals surface area contributed by atoms with Gasteiger partial charge in [-0.15, -0.1) is 0 Å². The molecular weight excluding hydrogens is 262 g/mol. The van der Waals surface area contributed by atoms with Crippen LogP contribution in [0.4, 0.5) is 11.9 Å². The van der Waals surface area contributed by atoms with Crippen LogP contribution in [0.15, 0.2) is 0 Å². The van der Waals surface area contributed by atoms with E-state index in [2.05, 4.69) is 31.0 Å². The van der Waals surface area contributed by atoms with E-state index in [1.165, 1.54) is 0 Å². The van der Waals surface area contributed by atoms with E-state index in [0.717, 1.165) is 6.42 Å². The average Bonchev–Trinajstić information content (AvgIpc) is 2.40. The van der Waals surface area contributed by atoms with Gasteiger partial charge >= 0.3 is 6.01 Å². The highest BCUT2D eigenvalue weighted by molar-refractivity contribution is 5.76. The summed E-state index contributed by atoms with van der Waals surface area (Å²) in [6.07, 6.45) is 1.16. The molecular formula is C11H19N7O2. The molecule has 110 valence electrons. The van der Waals surface area contributed by atoms with Gasteiger partial charge in [-0.2, -0.15) is 15.0 Å². The first-order valence-corrected chi connectivity index (χ1v) is 6.49. The first-order chi connectivity index (χ1) is 9.56. The molecule has 1 atom stereocenters. The summed E-state index contributed by atoms with van der Waals surface area (Å²) in [6.45, 7) is 4.29. The highest BCUT2D eigenvalue weighted by Gasteiger charge is 2.19. The molecule has 0 aromatic carbocycles. The second-order valence-corrected chi connectivity index (χ2v) is 4.76. The van der Waals surface area contributed by atoms with E-state index in [-0.39, 0.29) is 30.0 Å². The number of aromatic nitrogens is 3. The highest BCUT2D eigenvalue weighted by atomic mass is 16.5. The number of anilines is 2. The fourth-order valence-electron chi connectivity index (χ4n) is 1.79. The maximum Gasteiger partial charge on any atom is 0.323 e. The molecule has 9 heteroatoms. The Hall–Kier alpha value is -2.16. The second kappa shape index (κ2) is 6.33. The second-order valence-electron chi connectivity index (χ2n) is 4.76. The largest absolute Gasteiger partial charge is 0.461 e. The molecule has 1 saturated heterocycles. The number of carbonyl (C=O) groups is 1. The van der Waals surface area contributed by atoms with Gasteiger partial charge in [-0.3, -0.25) is 10.2 Å². The summed E-state index contributed by atoms with van der Waals surface area (Å²) < 4.78 is 5.44. The van der Waals surface area contributed by atoms with Crippen LogP contribution in [0.25, 0.3) is 0 Å². The number of nitrogens with one attached hydrogen (secondary N) is 3. The Morgan fingerprint density at radius 3 is 2.70 bits per heavy atom. The van der Waals surface area contributed by atoms with Gasteiger partial charge in [0.25, 0.3) is 0 Å². The summed E-state index contributed by atoms with van der Waals surface area (Å²) in [5.74, 6) is 5.97. The highest BCUT2D eigenvalue weighted by Crippen LogP contribution is 2.14. The Balaban J connectivity index is 2.07. The maximum atomic E-state index is 11.1. The molecule has 1 aliphatic heterocycles. The van der Waals surface area contributed by atoms with Crippen molar-refractivity contribution < 1.29 is 9.53 Å². The van der Waals surface area contributed by atoms with Crippen molar-refractivity contribution in [1.82, 2.24) is 20.3 Å². The predicted molar refractivity (Wildman–Crippen MR) is 73.1 cm³/mol. The lowest BCUT2D eigenvalue weighted by molar-refractivity contribution is -0.122. The van der Waals surface area contributed by atoms with Gasteiger partial charge in [0.2, 0.25) is 17.8 Å². The van der Waals surface area contributed by atoms with Gasteiger partial charge in [0.15, 0.2) is 0 Å². The van der Waals surface area contributed by atoms with Gasteiger partial charge in [0.05, 0.1) is 6.10 Å². The zero-order valence-corrected chi connectivity index (χ0v) is 11.5. The van der Waals surface area contributed by atoms with E-state index >= 15 is 0 Å². The molecule has 5 N–H and O–H groups in total. The molecule has 1 unspecified atom stereocenters. The van der Waals surface area contributed by atoms with Crippen molar-refractivity contribution in [2.45, 2.75) is 38.8 Å². The lowest BCUT2D eigenvalue weighted by atomic mass is 10.1. The Morgan fingerprint density at radius 1 is 1.35 bits per heavy atom. The van der Waals surface area contributed by atoms with Crippen LogP contribution >= 0.6 is 0 Å². The normalized spacial score (nSPS) is 18.6. The zero-order chi connectivity index (χ0) is 14.5. The number of amides is 1. The van der Waals surface area contributed by atoms with Crippen molar-refractivity contribution >= 4 is 17.8 Å². The number of hydrogen-bond acceptors (Lipinski definition) is 8. The van der Waals surface area contributed by atoms with E-state index in [9.17, 15) is 4.79 Å². The third-order valence-electron chi connectivity index (χ3n) is 2.68. The van der Waals surface area contributed by atoms with Crippen LogP contribution in [-0.4, -0.2) is 39.5 Å². The third kappa shape index (κ3) is 3.92. The molecule has 1 fully saturated rings. The van der Waals surface area contributed by atoms with Gasteiger partial charge in [0.1, 0.15) is 0 Å². The number of ether oxygens (including phenoxy) is 1. The minimum absolute atomic E-state index is 0.0511. The number of nitrogens with zero attached hydrogens (tertiary/aromatic N) is 3. The third-order valence-corrected chi connectivity index (χ3v) is 2.68. The summed E-state index contributed by atoms with van der Waals surface area (Å²) in [5.41, 5.74) is 2.37. The minimum atomic E-state index is -0.0511. The molecule has 0 aliphatic carbocycles. The molecule has 1 amide bonds. The van der Waals surface area contributed by atoms with Crippen LogP contribution in [0.2, 0.25) is 0 Å². The molecule has 9 nitrogen and oxygen atoms in total. The number of carbonyl (C=O) groups excluding carboxylic acids is 1. The van der Waals surface area contributed by atoms with Gasteiger partial charge in [0, 0.05) is 19.0 Å². The SMILES string of the molecule is CC(C)Oc1nc(NN)nc(NC2CCC(=O)NC2)n1. The van der Waals surface area contributed by atoms with Crippen LogP contribution in [-0.2, 0) is 4.79 Å². The van der Waals surface area contributed by atoms with Crippen LogP contribution in [0.5, 0.6) is 6.01 Å². The number of hydrazine groups is 1. The van der Waals surface area contributed by atoms with Crippen molar-refractivity contribution in [2.75, 3.05) is 17.3 Å². The van der Waals surface area contributed by atoms with Crippen molar-refractivity contribution in [3.8, 4) is 6.01 Å². The smallest absolute Gasteiger partial charge is 0.323 e. The minimum Gasteiger partial charge on any atom is -0.461 e. The van der Waals surface area contributed by atoms with Gasteiger partial charge in [-0.1, -0.05) is 0 Å². The van der Waals surface area contributed by atoms with Crippen molar-refractivity contribution in [3.63, 3.8) is 0 Å². The standard InChI is InChI=1S/C11H19N7O2/c1-6(2)20-11-16-9(15-10(17-11)18-12)14-7-3-4-8(19)13-5-7/h6-7H,3-5,12H2,1-2H3,(H,13,19)(H2,14,15,16,17,18). The number of nitrogens with two attached hydrogens (primary N) is 1. The van der Waals surface area contributed by atoms with E-state index < -0.39 is 0 Å². The molecule has 0 radical (unpaired) electrons. The van der Waals surface area contributed by atoms with Gasteiger partial charge in [-0.05, 0) is 20.3 Å². The first kappa shape index (κ1) is 14.3. The predicted octanol–water partition coefficient (Wildman–Crippen LogP) is -0.365. The fraction of sp³-hybridized carbons (Fsp3) is 0.636. The van der Waals surface area contributed by atoms with E-state index in [4.69, 9.17) is 10.6 Å². The maximum absolute atomic E-state index is 11.1.